The van der Waals surface area contributed by atoms with Crippen molar-refractivity contribution in [3.05, 3.63) is 75.6 Å². The lowest BCUT2D eigenvalue weighted by atomic mass is 9.82. The van der Waals surface area contributed by atoms with E-state index in [0.29, 0.717) is 21.9 Å². The molecule has 0 atom stereocenters. The number of aromatic nitrogens is 1. The first-order chi connectivity index (χ1) is 13.8. The number of benzene rings is 2. The SMILES string of the molecule is CCc1cc2oc3cc(CC)c(C(C)(C)C)cc3c(=O)c2cc1-c1ccccn1. The van der Waals surface area contributed by atoms with Crippen molar-refractivity contribution in [1.82, 2.24) is 4.98 Å². The van der Waals surface area contributed by atoms with Crippen LogP contribution in [0.2, 0.25) is 0 Å². The quantitative estimate of drug-likeness (QED) is 0.382. The molecule has 148 valence electrons. The average Bonchev–Trinajstić information content (AvgIpc) is 2.72. The number of rotatable bonds is 3. The molecule has 0 unspecified atom stereocenters. The Labute approximate surface area is 171 Å². The zero-order valence-corrected chi connectivity index (χ0v) is 17.8. The van der Waals surface area contributed by atoms with E-state index in [2.05, 4.69) is 45.7 Å². The molecule has 0 aliphatic heterocycles. The van der Waals surface area contributed by atoms with Crippen LogP contribution < -0.4 is 5.43 Å². The van der Waals surface area contributed by atoms with Crippen LogP contribution in [0.1, 0.15) is 51.3 Å². The molecule has 0 bridgehead atoms. The molecule has 2 aromatic carbocycles. The van der Waals surface area contributed by atoms with Gasteiger partial charge in [0, 0.05) is 11.8 Å². The monoisotopic (exact) mass is 385 g/mol. The molecule has 0 saturated carbocycles. The Kier molecular flexibility index (Phi) is 4.77. The van der Waals surface area contributed by atoms with Crippen molar-refractivity contribution in [2.45, 2.75) is 52.9 Å². The highest BCUT2D eigenvalue weighted by Gasteiger charge is 2.21. The Morgan fingerprint density at radius 2 is 1.55 bits per heavy atom. The lowest BCUT2D eigenvalue weighted by molar-refractivity contribution is 0.582. The molecule has 2 aromatic heterocycles. The van der Waals surface area contributed by atoms with Crippen LogP contribution in [0.15, 0.2) is 57.9 Å². The summed E-state index contributed by atoms with van der Waals surface area (Å²) in [6.07, 6.45) is 3.53. The third kappa shape index (κ3) is 3.35. The normalized spacial score (nSPS) is 12.0. The standard InChI is InChI=1S/C26H27NO2/c1-6-16-12-23-19(14-18(16)22-10-8-9-11-27-22)25(28)20-15-21(26(3,4)5)17(7-2)13-24(20)29-23/h8-15H,6-7H2,1-5H3. The summed E-state index contributed by atoms with van der Waals surface area (Å²) in [5.74, 6) is 0. The van der Waals surface area contributed by atoms with Crippen LogP contribution in [0, 0.1) is 0 Å². The van der Waals surface area contributed by atoms with Crippen molar-refractivity contribution >= 4 is 21.9 Å². The summed E-state index contributed by atoms with van der Waals surface area (Å²) < 4.78 is 6.25. The number of nitrogens with zero attached hydrogens (tertiary/aromatic N) is 1. The van der Waals surface area contributed by atoms with Gasteiger partial charge in [0.2, 0.25) is 5.43 Å². The van der Waals surface area contributed by atoms with Gasteiger partial charge in [-0.1, -0.05) is 40.7 Å². The second-order valence-corrected chi connectivity index (χ2v) is 8.61. The van der Waals surface area contributed by atoms with Crippen LogP contribution in [0.4, 0.5) is 0 Å². The van der Waals surface area contributed by atoms with Gasteiger partial charge in [-0.15, -0.1) is 0 Å². The summed E-state index contributed by atoms with van der Waals surface area (Å²) >= 11 is 0. The van der Waals surface area contributed by atoms with Crippen LogP contribution in [0.25, 0.3) is 33.2 Å². The van der Waals surface area contributed by atoms with Gasteiger partial charge in [0.25, 0.3) is 0 Å². The van der Waals surface area contributed by atoms with Gasteiger partial charge in [-0.2, -0.15) is 0 Å². The summed E-state index contributed by atoms with van der Waals surface area (Å²) in [7, 11) is 0. The first-order valence-electron chi connectivity index (χ1n) is 10.3. The zero-order valence-electron chi connectivity index (χ0n) is 17.8. The van der Waals surface area contributed by atoms with Crippen molar-refractivity contribution in [2.24, 2.45) is 0 Å². The fraction of sp³-hybridized carbons (Fsp3) is 0.308. The first-order valence-corrected chi connectivity index (χ1v) is 10.3. The van der Waals surface area contributed by atoms with E-state index in [9.17, 15) is 4.79 Å². The maximum absolute atomic E-state index is 13.5. The van der Waals surface area contributed by atoms with Crippen molar-refractivity contribution in [3.63, 3.8) is 0 Å². The highest BCUT2D eigenvalue weighted by molar-refractivity contribution is 5.93. The Morgan fingerprint density at radius 3 is 2.14 bits per heavy atom. The molecule has 2 heterocycles. The van der Waals surface area contributed by atoms with Crippen molar-refractivity contribution in [2.75, 3.05) is 0 Å². The number of fused-ring (bicyclic) bond motifs is 2. The summed E-state index contributed by atoms with van der Waals surface area (Å²) in [5, 5.41) is 1.26. The minimum absolute atomic E-state index is 0.0224. The molecular weight excluding hydrogens is 358 g/mol. The van der Waals surface area contributed by atoms with Crippen molar-refractivity contribution in [3.8, 4) is 11.3 Å². The van der Waals surface area contributed by atoms with Gasteiger partial charge in [-0.05, 0) is 71.3 Å². The molecule has 0 aliphatic carbocycles. The maximum atomic E-state index is 13.5. The van der Waals surface area contributed by atoms with Gasteiger partial charge in [0.15, 0.2) is 0 Å². The molecule has 0 radical (unpaired) electrons. The van der Waals surface area contributed by atoms with Gasteiger partial charge in [0.05, 0.1) is 16.5 Å². The smallest absolute Gasteiger partial charge is 0.200 e. The number of pyridine rings is 1. The van der Waals surface area contributed by atoms with Gasteiger partial charge < -0.3 is 4.42 Å². The Hall–Kier alpha value is -2.94. The molecule has 4 aromatic rings. The topological polar surface area (TPSA) is 43.1 Å². The van der Waals surface area contributed by atoms with E-state index in [1.54, 1.807) is 6.20 Å². The van der Waals surface area contributed by atoms with Crippen LogP contribution in [0.5, 0.6) is 0 Å². The molecule has 29 heavy (non-hydrogen) atoms. The van der Waals surface area contributed by atoms with Crippen molar-refractivity contribution in [1.29, 1.82) is 0 Å². The molecule has 0 N–H and O–H groups in total. The third-order valence-electron chi connectivity index (χ3n) is 5.63. The van der Waals surface area contributed by atoms with Crippen LogP contribution in [0.3, 0.4) is 0 Å². The van der Waals surface area contributed by atoms with Crippen LogP contribution in [-0.2, 0) is 18.3 Å². The number of hydrogen-bond donors (Lipinski definition) is 0. The molecule has 0 aliphatic rings. The summed E-state index contributed by atoms with van der Waals surface area (Å²) in [6, 6.07) is 13.9. The highest BCUT2D eigenvalue weighted by atomic mass is 16.3. The molecular formula is C26H27NO2. The average molecular weight is 386 g/mol. The fourth-order valence-electron chi connectivity index (χ4n) is 4.07. The first kappa shape index (κ1) is 19.4. The second kappa shape index (κ2) is 7.14. The van der Waals surface area contributed by atoms with Gasteiger partial charge in [-0.25, -0.2) is 0 Å². The van der Waals surface area contributed by atoms with Gasteiger partial charge in [-0.3, -0.25) is 9.78 Å². The van der Waals surface area contributed by atoms with E-state index >= 15 is 0 Å². The molecule has 3 nitrogen and oxygen atoms in total. The van der Waals surface area contributed by atoms with E-state index < -0.39 is 0 Å². The number of aryl methyl sites for hydroxylation is 2. The largest absolute Gasteiger partial charge is 0.456 e. The van der Waals surface area contributed by atoms with E-state index in [4.69, 9.17) is 4.42 Å². The lowest BCUT2D eigenvalue weighted by Gasteiger charge is -2.23. The van der Waals surface area contributed by atoms with Crippen LogP contribution in [-0.4, -0.2) is 4.98 Å². The molecule has 0 saturated heterocycles. The molecule has 3 heteroatoms. The van der Waals surface area contributed by atoms with Gasteiger partial charge >= 0.3 is 0 Å². The minimum atomic E-state index is -0.0356. The molecule has 4 rings (SSSR count). The van der Waals surface area contributed by atoms with E-state index in [0.717, 1.165) is 29.7 Å². The van der Waals surface area contributed by atoms with E-state index in [1.807, 2.05) is 36.4 Å². The Morgan fingerprint density at radius 1 is 0.897 bits per heavy atom. The van der Waals surface area contributed by atoms with Gasteiger partial charge in [0.1, 0.15) is 11.2 Å². The minimum Gasteiger partial charge on any atom is -0.456 e. The summed E-state index contributed by atoms with van der Waals surface area (Å²) in [6.45, 7) is 10.8. The maximum Gasteiger partial charge on any atom is 0.200 e. The predicted molar refractivity (Wildman–Crippen MR) is 121 cm³/mol. The zero-order chi connectivity index (χ0) is 20.8. The fourth-order valence-corrected chi connectivity index (χ4v) is 4.07. The molecule has 0 amide bonds. The second-order valence-electron chi connectivity index (χ2n) is 8.61. The predicted octanol–water partition coefficient (Wildman–Crippen LogP) is 6.43. The lowest BCUT2D eigenvalue weighted by Crippen LogP contribution is -2.15. The highest BCUT2D eigenvalue weighted by Crippen LogP contribution is 2.32. The molecule has 0 fully saturated rings. The Balaban J connectivity index is 2.08. The third-order valence-corrected chi connectivity index (χ3v) is 5.63. The summed E-state index contributed by atoms with van der Waals surface area (Å²) in [4.78, 5) is 18.0. The number of hydrogen-bond acceptors (Lipinski definition) is 3. The van der Waals surface area contributed by atoms with E-state index in [1.165, 1.54) is 11.1 Å². The Bertz CT molecular complexity index is 1260. The van der Waals surface area contributed by atoms with E-state index in [-0.39, 0.29) is 10.8 Å². The van der Waals surface area contributed by atoms with Crippen molar-refractivity contribution < 1.29 is 4.42 Å². The molecule has 0 spiro atoms. The van der Waals surface area contributed by atoms with Crippen LogP contribution >= 0.6 is 0 Å². The summed E-state index contributed by atoms with van der Waals surface area (Å²) in [5.41, 5.74) is 6.73.